The summed E-state index contributed by atoms with van der Waals surface area (Å²) in [6, 6.07) is 134. The Bertz CT molecular complexity index is 5510. The molecule has 19 rings (SSSR count). The van der Waals surface area contributed by atoms with Gasteiger partial charge in [-0.15, -0.1) is 0 Å². The molecule has 0 fully saturated rings. The van der Waals surface area contributed by atoms with Crippen LogP contribution in [0.2, 0.25) is 0 Å². The van der Waals surface area contributed by atoms with Gasteiger partial charge < -0.3 is 0 Å². The Balaban J connectivity index is 0.000000154. The average molecular weight is 1680 g/mol. The summed E-state index contributed by atoms with van der Waals surface area (Å²) in [6.45, 7) is 68.4. The Hall–Kier alpha value is -10.9. The predicted molar refractivity (Wildman–Crippen MR) is 554 cm³/mol. The molecule has 5 aliphatic rings. The van der Waals surface area contributed by atoms with Crippen LogP contribution in [0.3, 0.4) is 0 Å². The predicted octanol–water partition coefficient (Wildman–Crippen LogP) is 34.8. The molecule has 0 saturated carbocycles. The largest absolute Gasteiger partial charge is 0.0719 e. The molecular weight excluding hydrogens is 1530 g/mol. The van der Waals surface area contributed by atoms with E-state index in [2.05, 4.69) is 516 Å². The molecule has 0 bridgehead atoms. The van der Waals surface area contributed by atoms with Crippen molar-refractivity contribution in [1.29, 1.82) is 0 Å². The maximum atomic E-state index is 2.42. The van der Waals surface area contributed by atoms with E-state index < -0.39 is 0 Å². The van der Waals surface area contributed by atoms with Crippen LogP contribution >= 0.6 is 0 Å². The molecule has 0 saturated heterocycles. The molecule has 0 atom stereocenters. The summed E-state index contributed by atoms with van der Waals surface area (Å²) >= 11 is 0. The van der Waals surface area contributed by atoms with Crippen LogP contribution in [0.15, 0.2) is 364 Å². The van der Waals surface area contributed by atoms with Crippen molar-refractivity contribution in [3.05, 3.63) is 475 Å². The first kappa shape index (κ1) is 96.7. The van der Waals surface area contributed by atoms with Gasteiger partial charge in [0.05, 0.1) is 10.8 Å². The van der Waals surface area contributed by atoms with Crippen LogP contribution in [0.5, 0.6) is 0 Å². The lowest BCUT2D eigenvalue weighted by Crippen LogP contribution is -2.43. The molecule has 0 aromatic heterocycles. The lowest BCUT2D eigenvalue weighted by atomic mass is 9.55. The molecule has 0 amide bonds. The van der Waals surface area contributed by atoms with E-state index >= 15 is 0 Å². The number of benzene rings is 14. The van der Waals surface area contributed by atoms with Gasteiger partial charge in [0.25, 0.3) is 0 Å². The van der Waals surface area contributed by atoms with Crippen LogP contribution in [0.4, 0.5) is 0 Å². The lowest BCUT2D eigenvalue weighted by Gasteiger charge is -2.48. The van der Waals surface area contributed by atoms with Crippen molar-refractivity contribution in [2.24, 2.45) is 0 Å². The third-order valence-electron chi connectivity index (χ3n) is 32.2. The second-order valence-corrected chi connectivity index (χ2v) is 40.3. The Labute approximate surface area is 770 Å². The van der Waals surface area contributed by atoms with Crippen molar-refractivity contribution in [3.63, 3.8) is 0 Å². The monoisotopic (exact) mass is 1680 g/mol. The van der Waals surface area contributed by atoms with E-state index in [-0.39, 0.29) is 70.4 Å². The minimum absolute atomic E-state index is 0.0321. The zero-order valence-corrected chi connectivity index (χ0v) is 83.1. The quantitative estimate of drug-likeness (QED) is 0.161. The van der Waals surface area contributed by atoms with Crippen molar-refractivity contribution in [1.82, 2.24) is 0 Å². The van der Waals surface area contributed by atoms with E-state index in [0.717, 1.165) is 0 Å². The van der Waals surface area contributed by atoms with Gasteiger partial charge in [-0.05, 0) is 188 Å². The van der Waals surface area contributed by atoms with Gasteiger partial charge >= 0.3 is 0 Å². The first-order chi connectivity index (χ1) is 60.5. The standard InChI is InChI=1S/C31H28.C31H30.C21H26.C18H20.C18H22.4C2H6/c1-29(2)25-17-9-11-19-27(25)31(28-20-12-10-18-26(28)30(29,3)4)23-15-7-5-13-21(23)22-14-6-8-16-24(22)31;1-29(2)25-19-11-13-21-27(25)31(23-15-7-5-8-16-23,24-17-9-6-10-18-24)28-22-14-12-20-26(28)30(29,3)4;1-19(2)15-11-7-9-13-17(15)20(3,4)21(5,6)18-14-10-8-12-16(18)19;1-17(2)15-11-7-5-9-13(15)14-10-6-8-12-16(14)18(17,3)4;1-17(2,15-11-7-5-8-12-15)18(3,4)16-13-9-6-10-14-16;4*1-2/h5-20H,1-4H3;5-22H,1-4H3;7-14H,1-6H3;5-12H,1-4H3;5-14H,1-4H3;4*1-2H3. The van der Waals surface area contributed by atoms with Crippen molar-refractivity contribution < 1.29 is 0 Å². The summed E-state index contributed by atoms with van der Waals surface area (Å²) < 4.78 is 0. The van der Waals surface area contributed by atoms with E-state index in [0.29, 0.717) is 0 Å². The number of fused-ring (bicyclic) bond motifs is 16. The Morgan fingerprint density at radius 2 is 0.291 bits per heavy atom. The third-order valence-corrected chi connectivity index (χ3v) is 32.2. The van der Waals surface area contributed by atoms with Gasteiger partial charge in [0.15, 0.2) is 0 Å². The molecule has 0 radical (unpaired) electrons. The first-order valence-electron chi connectivity index (χ1n) is 47.7. The van der Waals surface area contributed by atoms with Crippen molar-refractivity contribution in [2.45, 2.75) is 278 Å². The van der Waals surface area contributed by atoms with Crippen LogP contribution in [-0.2, 0) is 70.4 Å². The summed E-state index contributed by atoms with van der Waals surface area (Å²) in [5.74, 6) is 0. The first-order valence-corrected chi connectivity index (χ1v) is 47.7. The number of rotatable bonds is 5. The second kappa shape index (κ2) is 37.8. The number of hydrogen-bond donors (Lipinski definition) is 0. The van der Waals surface area contributed by atoms with Gasteiger partial charge in [0.2, 0.25) is 0 Å². The van der Waals surface area contributed by atoms with Crippen LogP contribution < -0.4 is 0 Å². The summed E-state index contributed by atoms with van der Waals surface area (Å²) in [5.41, 5.74) is 33.8. The topological polar surface area (TPSA) is 0 Å². The van der Waals surface area contributed by atoms with E-state index in [1.54, 1.807) is 0 Å². The van der Waals surface area contributed by atoms with E-state index in [1.165, 1.54) is 134 Å². The summed E-state index contributed by atoms with van der Waals surface area (Å²) in [6.07, 6.45) is 0. The summed E-state index contributed by atoms with van der Waals surface area (Å²) in [5, 5.41) is 0. The zero-order chi connectivity index (χ0) is 92.8. The molecule has 127 heavy (non-hydrogen) atoms. The molecule has 0 aliphatic heterocycles. The van der Waals surface area contributed by atoms with E-state index in [4.69, 9.17) is 0 Å². The maximum absolute atomic E-state index is 2.42. The fraction of sp³-hybridized carbons (Fsp3) is 0.339. The SMILES string of the molecule is CC.CC.CC.CC.CC(C)(c1ccccc1)C(C)(C)c1ccccc1.CC1(C)c2ccccc2-c2ccccc2C1(C)C.CC1(C)c2ccccc2C(C)(C)C(C)(C)c2ccccc21.CC1(C)c2ccccc2C(c2ccccc2)(c2ccccc2)c2ccccc2C1(C)C.CC1(C)c2ccccc2C2(c3ccccc3-c3ccccc32)c2ccccc2C1(C)C. The summed E-state index contributed by atoms with van der Waals surface area (Å²) in [7, 11) is 0. The van der Waals surface area contributed by atoms with Gasteiger partial charge in [-0.3, -0.25) is 0 Å². The highest BCUT2D eigenvalue weighted by molar-refractivity contribution is 5.88. The molecule has 14 aromatic carbocycles. The smallest absolute Gasteiger partial charge is 0.0683 e. The van der Waals surface area contributed by atoms with Crippen LogP contribution in [-0.4, -0.2) is 0 Å². The fourth-order valence-corrected chi connectivity index (χ4v) is 21.6. The molecule has 1 spiro atoms. The number of hydrogen-bond acceptors (Lipinski definition) is 0. The van der Waals surface area contributed by atoms with E-state index in [1.807, 2.05) is 55.4 Å². The minimum atomic E-state index is -0.374. The van der Waals surface area contributed by atoms with Crippen molar-refractivity contribution in [3.8, 4) is 22.3 Å². The zero-order valence-electron chi connectivity index (χ0n) is 83.1. The van der Waals surface area contributed by atoms with Crippen molar-refractivity contribution in [2.75, 3.05) is 0 Å². The Morgan fingerprint density at radius 1 is 0.142 bits per heavy atom. The molecule has 0 heterocycles. The van der Waals surface area contributed by atoms with Gasteiger partial charge in [-0.25, -0.2) is 0 Å². The maximum Gasteiger partial charge on any atom is 0.0719 e. The fourth-order valence-electron chi connectivity index (χ4n) is 21.6. The van der Waals surface area contributed by atoms with Gasteiger partial charge in [-0.1, -0.05) is 572 Å². The minimum Gasteiger partial charge on any atom is -0.0683 e. The highest BCUT2D eigenvalue weighted by atomic mass is 14.6. The third kappa shape index (κ3) is 15.9. The summed E-state index contributed by atoms with van der Waals surface area (Å²) in [4.78, 5) is 0. The van der Waals surface area contributed by atoms with E-state index in [9.17, 15) is 0 Å². The Morgan fingerprint density at radius 3 is 0.528 bits per heavy atom. The molecule has 0 heteroatoms. The normalized spacial score (nSPS) is 17.0. The molecule has 0 unspecified atom stereocenters. The lowest BCUT2D eigenvalue weighted by molar-refractivity contribution is 0.299. The van der Waals surface area contributed by atoms with Gasteiger partial charge in [-0.2, -0.15) is 0 Å². The second-order valence-electron chi connectivity index (χ2n) is 40.3. The molecule has 0 N–H and O–H groups in total. The molecule has 14 aromatic rings. The molecule has 658 valence electrons. The Kier molecular flexibility index (Phi) is 28.8. The highest BCUT2D eigenvalue weighted by Gasteiger charge is 2.57. The van der Waals surface area contributed by atoms with Crippen LogP contribution in [0.25, 0.3) is 22.3 Å². The van der Waals surface area contributed by atoms with Gasteiger partial charge in [0, 0.05) is 5.41 Å². The van der Waals surface area contributed by atoms with Crippen LogP contribution in [0.1, 0.15) is 319 Å². The highest BCUT2D eigenvalue weighted by Crippen LogP contribution is 2.65. The van der Waals surface area contributed by atoms with Crippen molar-refractivity contribution >= 4 is 0 Å². The molecule has 0 nitrogen and oxygen atoms in total. The average Bonchev–Trinajstić information content (AvgIpc) is 1.51. The van der Waals surface area contributed by atoms with Crippen LogP contribution in [0, 0.1) is 0 Å². The van der Waals surface area contributed by atoms with Gasteiger partial charge in [0.1, 0.15) is 0 Å². The molecule has 5 aliphatic carbocycles. The molecular formula is C127H150.